The van der Waals surface area contributed by atoms with Gasteiger partial charge in [-0.15, -0.1) is 0 Å². The lowest BCUT2D eigenvalue weighted by Gasteiger charge is -2.19. The number of nitrogen functional groups attached to an aromatic ring is 1. The van der Waals surface area contributed by atoms with E-state index in [1.54, 1.807) is 0 Å². The molecule has 0 aliphatic carbocycles. The molecule has 0 radical (unpaired) electrons. The molecule has 2 rings (SSSR count). The Kier molecular flexibility index (Phi) is 4.11. The highest BCUT2D eigenvalue weighted by molar-refractivity contribution is 5.66. The molecule has 0 bridgehead atoms. The Balaban J connectivity index is 2.14. The molecule has 2 heterocycles. The number of aliphatic hydroxyl groups excluding tert-OH is 1. The summed E-state index contributed by atoms with van der Waals surface area (Å²) in [6.07, 6.45) is 4.02. The topological polar surface area (TPSA) is 67.3 Å². The minimum atomic E-state index is 0.278. The van der Waals surface area contributed by atoms with E-state index in [4.69, 9.17) is 10.8 Å². The van der Waals surface area contributed by atoms with Gasteiger partial charge in [-0.3, -0.25) is 4.68 Å². The Hall–Kier alpha value is -1.23. The lowest BCUT2D eigenvalue weighted by molar-refractivity contribution is 0.263. The molecule has 3 N–H and O–H groups in total. The van der Waals surface area contributed by atoms with Crippen molar-refractivity contribution in [3.8, 4) is 0 Å². The van der Waals surface area contributed by atoms with Crippen molar-refractivity contribution in [1.29, 1.82) is 0 Å². The number of rotatable bonds is 5. The predicted molar refractivity (Wildman–Crippen MR) is 73.6 cm³/mol. The highest BCUT2D eigenvalue weighted by atomic mass is 16.3. The largest absolute Gasteiger partial charge is 0.396 e. The van der Waals surface area contributed by atoms with Crippen molar-refractivity contribution in [2.24, 2.45) is 13.0 Å². The lowest BCUT2D eigenvalue weighted by atomic mass is 10.1. The molecule has 5 heteroatoms. The van der Waals surface area contributed by atoms with Crippen molar-refractivity contribution in [3.05, 3.63) is 5.69 Å². The zero-order valence-corrected chi connectivity index (χ0v) is 11.4. The standard InChI is InChI=1S/C13H24N4O/c1-3-4-11-12(14)13(16(2)15-11)17-7-5-10(9-17)6-8-18/h10,18H,3-9,14H2,1-2H3. The lowest BCUT2D eigenvalue weighted by Crippen LogP contribution is -2.23. The maximum absolute atomic E-state index is 9.01. The molecule has 0 amide bonds. The number of hydrogen-bond acceptors (Lipinski definition) is 4. The van der Waals surface area contributed by atoms with Crippen LogP contribution in [0, 0.1) is 5.92 Å². The third-order valence-electron chi connectivity index (χ3n) is 3.74. The first-order valence-corrected chi connectivity index (χ1v) is 6.84. The summed E-state index contributed by atoms with van der Waals surface area (Å²) >= 11 is 0. The van der Waals surface area contributed by atoms with Crippen LogP contribution in [0.3, 0.4) is 0 Å². The van der Waals surface area contributed by atoms with Gasteiger partial charge >= 0.3 is 0 Å². The van der Waals surface area contributed by atoms with E-state index in [9.17, 15) is 0 Å². The van der Waals surface area contributed by atoms with Gasteiger partial charge in [-0.25, -0.2) is 0 Å². The molecule has 1 aromatic heterocycles. The fraction of sp³-hybridized carbons (Fsp3) is 0.769. The predicted octanol–water partition coefficient (Wildman–Crippen LogP) is 1.16. The van der Waals surface area contributed by atoms with Crippen LogP contribution in [0.2, 0.25) is 0 Å². The Morgan fingerprint density at radius 2 is 2.28 bits per heavy atom. The molecule has 0 saturated carbocycles. The number of aliphatic hydroxyl groups is 1. The SMILES string of the molecule is CCCc1nn(C)c(N2CCC(CCO)C2)c1N. The summed E-state index contributed by atoms with van der Waals surface area (Å²) in [4.78, 5) is 2.31. The van der Waals surface area contributed by atoms with Crippen molar-refractivity contribution in [2.45, 2.75) is 32.6 Å². The Morgan fingerprint density at radius 1 is 1.50 bits per heavy atom. The van der Waals surface area contributed by atoms with Gasteiger partial charge in [-0.2, -0.15) is 5.10 Å². The highest BCUT2D eigenvalue weighted by Crippen LogP contribution is 2.32. The minimum absolute atomic E-state index is 0.278. The molecule has 1 saturated heterocycles. The number of nitrogens with zero attached hydrogens (tertiary/aromatic N) is 3. The summed E-state index contributed by atoms with van der Waals surface area (Å²) in [5.41, 5.74) is 8.07. The van der Waals surface area contributed by atoms with E-state index in [0.29, 0.717) is 5.92 Å². The fourth-order valence-electron chi connectivity index (χ4n) is 2.83. The van der Waals surface area contributed by atoms with Crippen molar-refractivity contribution in [1.82, 2.24) is 9.78 Å². The van der Waals surface area contributed by atoms with E-state index >= 15 is 0 Å². The van der Waals surface area contributed by atoms with Crippen LogP contribution < -0.4 is 10.6 Å². The van der Waals surface area contributed by atoms with Crippen LogP contribution in [0.1, 0.15) is 31.9 Å². The Bertz CT molecular complexity index is 402. The van der Waals surface area contributed by atoms with Crippen molar-refractivity contribution in [3.63, 3.8) is 0 Å². The van der Waals surface area contributed by atoms with E-state index in [1.807, 2.05) is 11.7 Å². The molecule has 1 aliphatic heterocycles. The van der Waals surface area contributed by atoms with Crippen LogP contribution in [0.4, 0.5) is 11.5 Å². The van der Waals surface area contributed by atoms with Gasteiger partial charge in [-0.1, -0.05) is 13.3 Å². The van der Waals surface area contributed by atoms with E-state index in [0.717, 1.165) is 56.0 Å². The second kappa shape index (κ2) is 5.61. The van der Waals surface area contributed by atoms with Crippen LogP contribution in [0.5, 0.6) is 0 Å². The third kappa shape index (κ3) is 2.46. The average Bonchev–Trinajstić information content (AvgIpc) is 2.87. The maximum atomic E-state index is 9.01. The van der Waals surface area contributed by atoms with Gasteiger partial charge in [0.15, 0.2) is 0 Å². The summed E-state index contributed by atoms with van der Waals surface area (Å²) in [6, 6.07) is 0. The van der Waals surface area contributed by atoms with Gasteiger partial charge in [0, 0.05) is 26.7 Å². The summed E-state index contributed by atoms with van der Waals surface area (Å²) in [7, 11) is 1.96. The number of anilines is 2. The highest BCUT2D eigenvalue weighted by Gasteiger charge is 2.26. The molecular formula is C13H24N4O. The van der Waals surface area contributed by atoms with Gasteiger partial charge in [0.2, 0.25) is 0 Å². The molecule has 0 aromatic carbocycles. The summed E-state index contributed by atoms with van der Waals surface area (Å²) in [6.45, 7) is 4.41. The molecule has 1 fully saturated rings. The number of aryl methyl sites for hydroxylation is 2. The summed E-state index contributed by atoms with van der Waals surface area (Å²) in [5.74, 6) is 1.64. The molecular weight excluding hydrogens is 228 g/mol. The van der Waals surface area contributed by atoms with Crippen molar-refractivity contribution >= 4 is 11.5 Å². The number of nitrogens with two attached hydrogens (primary N) is 1. The van der Waals surface area contributed by atoms with Gasteiger partial charge in [0.05, 0.1) is 11.4 Å². The molecule has 0 spiro atoms. The third-order valence-corrected chi connectivity index (χ3v) is 3.74. The van der Waals surface area contributed by atoms with Crippen LogP contribution in [-0.4, -0.2) is 34.6 Å². The molecule has 5 nitrogen and oxygen atoms in total. The molecule has 102 valence electrons. The van der Waals surface area contributed by atoms with Crippen LogP contribution >= 0.6 is 0 Å². The normalized spacial score (nSPS) is 19.7. The monoisotopic (exact) mass is 252 g/mol. The first-order chi connectivity index (χ1) is 8.67. The van der Waals surface area contributed by atoms with Gasteiger partial charge in [-0.05, 0) is 25.2 Å². The van der Waals surface area contributed by atoms with Crippen LogP contribution in [0.15, 0.2) is 0 Å². The van der Waals surface area contributed by atoms with Crippen LogP contribution in [-0.2, 0) is 13.5 Å². The molecule has 18 heavy (non-hydrogen) atoms. The van der Waals surface area contributed by atoms with Gasteiger partial charge in [0.25, 0.3) is 0 Å². The first kappa shape index (κ1) is 13.2. The van der Waals surface area contributed by atoms with E-state index in [-0.39, 0.29) is 6.61 Å². The van der Waals surface area contributed by atoms with E-state index in [2.05, 4.69) is 16.9 Å². The molecule has 1 unspecified atom stereocenters. The van der Waals surface area contributed by atoms with Crippen molar-refractivity contribution in [2.75, 3.05) is 30.3 Å². The zero-order valence-electron chi connectivity index (χ0n) is 11.4. The fourth-order valence-corrected chi connectivity index (χ4v) is 2.83. The average molecular weight is 252 g/mol. The maximum Gasteiger partial charge on any atom is 0.150 e. The number of hydrogen-bond donors (Lipinski definition) is 2. The molecule has 1 atom stereocenters. The first-order valence-electron chi connectivity index (χ1n) is 6.84. The van der Waals surface area contributed by atoms with Gasteiger partial charge in [0.1, 0.15) is 5.82 Å². The van der Waals surface area contributed by atoms with E-state index in [1.165, 1.54) is 0 Å². The summed E-state index contributed by atoms with van der Waals surface area (Å²) < 4.78 is 1.90. The van der Waals surface area contributed by atoms with Crippen LogP contribution in [0.25, 0.3) is 0 Å². The van der Waals surface area contributed by atoms with E-state index < -0.39 is 0 Å². The molecule has 1 aliphatic rings. The smallest absolute Gasteiger partial charge is 0.150 e. The molecule has 1 aromatic rings. The zero-order chi connectivity index (χ0) is 13.1. The Morgan fingerprint density at radius 3 is 2.94 bits per heavy atom. The Labute approximate surface area is 109 Å². The summed E-state index contributed by atoms with van der Waals surface area (Å²) in [5, 5.41) is 13.5. The van der Waals surface area contributed by atoms with Gasteiger partial charge < -0.3 is 15.7 Å². The van der Waals surface area contributed by atoms with Crippen molar-refractivity contribution < 1.29 is 5.11 Å². The quantitative estimate of drug-likeness (QED) is 0.825. The minimum Gasteiger partial charge on any atom is -0.396 e. The second-order valence-electron chi connectivity index (χ2n) is 5.17. The number of aromatic nitrogens is 2. The second-order valence-corrected chi connectivity index (χ2v) is 5.17.